The Balaban J connectivity index is 1.36. The van der Waals surface area contributed by atoms with Gasteiger partial charge in [0, 0.05) is 54.9 Å². The van der Waals surface area contributed by atoms with Crippen molar-refractivity contribution < 1.29 is 14.3 Å². The number of hydrogen-bond acceptors (Lipinski definition) is 6. The van der Waals surface area contributed by atoms with Crippen LogP contribution in [-0.2, 0) is 16.1 Å². The minimum absolute atomic E-state index is 0.0348. The van der Waals surface area contributed by atoms with E-state index in [1.807, 2.05) is 70.3 Å². The summed E-state index contributed by atoms with van der Waals surface area (Å²) in [5.41, 5.74) is 4.39. The lowest BCUT2D eigenvalue weighted by atomic mass is 10.1. The van der Waals surface area contributed by atoms with Gasteiger partial charge in [-0.1, -0.05) is 12.1 Å². The second kappa shape index (κ2) is 9.40. The van der Waals surface area contributed by atoms with Crippen molar-refractivity contribution in [3.63, 3.8) is 0 Å². The van der Waals surface area contributed by atoms with Crippen molar-refractivity contribution in [1.29, 1.82) is 0 Å². The molecule has 5 rings (SSSR count). The molecule has 1 saturated heterocycles. The number of anilines is 2. The first-order chi connectivity index (χ1) is 16.2. The highest BCUT2D eigenvalue weighted by molar-refractivity contribution is 5.94. The zero-order valence-electron chi connectivity index (χ0n) is 18.4. The third kappa shape index (κ3) is 4.57. The van der Waals surface area contributed by atoms with Gasteiger partial charge in [0.2, 0.25) is 5.95 Å². The molecule has 8 heteroatoms. The minimum atomic E-state index is 0.0348. The van der Waals surface area contributed by atoms with E-state index in [1.54, 1.807) is 13.3 Å². The monoisotopic (exact) mass is 443 g/mol. The lowest BCUT2D eigenvalue weighted by molar-refractivity contribution is 0.0303. The molecule has 4 aromatic rings. The first-order valence-corrected chi connectivity index (χ1v) is 10.9. The van der Waals surface area contributed by atoms with Crippen LogP contribution in [0.1, 0.15) is 15.9 Å². The van der Waals surface area contributed by atoms with Gasteiger partial charge in [0.25, 0.3) is 5.91 Å². The van der Waals surface area contributed by atoms with Crippen LogP contribution in [0.25, 0.3) is 16.7 Å². The van der Waals surface area contributed by atoms with Gasteiger partial charge in [-0.15, -0.1) is 0 Å². The topological polar surface area (TPSA) is 81.5 Å². The van der Waals surface area contributed by atoms with Crippen molar-refractivity contribution in [2.75, 3.05) is 38.7 Å². The summed E-state index contributed by atoms with van der Waals surface area (Å²) in [5.74, 6) is 0.550. The molecule has 2 aromatic heterocycles. The fraction of sp³-hybridized carbons (Fsp3) is 0.240. The highest BCUT2D eigenvalue weighted by atomic mass is 16.5. The number of amides is 1. The van der Waals surface area contributed by atoms with Gasteiger partial charge in [-0.2, -0.15) is 4.98 Å². The van der Waals surface area contributed by atoms with Crippen LogP contribution < -0.4 is 5.32 Å². The van der Waals surface area contributed by atoms with Crippen molar-refractivity contribution in [2.24, 2.45) is 0 Å². The van der Waals surface area contributed by atoms with E-state index < -0.39 is 0 Å². The standard InChI is InChI=1S/C25H25N5O3/c1-32-17-18-2-6-21(7-3-18)27-25-26-16-20-10-11-30(23(20)28-25)22-8-4-19(5-9-22)24(31)29-12-14-33-15-13-29/h2-11,16H,12-15,17H2,1H3,(H,26,27,28). The molecular formula is C25H25N5O3. The van der Waals surface area contributed by atoms with E-state index in [0.717, 1.165) is 28.0 Å². The number of nitrogens with zero attached hydrogens (tertiary/aromatic N) is 4. The lowest BCUT2D eigenvalue weighted by Gasteiger charge is -2.26. The van der Waals surface area contributed by atoms with Crippen molar-refractivity contribution in [3.05, 3.63) is 78.1 Å². The second-order valence-electron chi connectivity index (χ2n) is 7.86. The predicted octanol–water partition coefficient (Wildman–Crippen LogP) is 3.78. The number of carbonyl (C=O) groups excluding carboxylic acids is 1. The zero-order chi connectivity index (χ0) is 22.6. The molecule has 33 heavy (non-hydrogen) atoms. The van der Waals surface area contributed by atoms with Crippen molar-refractivity contribution in [2.45, 2.75) is 6.61 Å². The lowest BCUT2D eigenvalue weighted by Crippen LogP contribution is -2.40. The van der Waals surface area contributed by atoms with Crippen LogP contribution in [0.15, 0.2) is 67.0 Å². The third-order valence-electron chi connectivity index (χ3n) is 5.64. The summed E-state index contributed by atoms with van der Waals surface area (Å²) < 4.78 is 12.5. The molecule has 0 saturated carbocycles. The van der Waals surface area contributed by atoms with E-state index in [-0.39, 0.29) is 5.91 Å². The summed E-state index contributed by atoms with van der Waals surface area (Å²) in [7, 11) is 1.68. The first kappa shape index (κ1) is 21.1. The Hall–Kier alpha value is -3.75. The molecule has 0 radical (unpaired) electrons. The van der Waals surface area contributed by atoms with Crippen molar-refractivity contribution in [1.82, 2.24) is 19.4 Å². The summed E-state index contributed by atoms with van der Waals surface area (Å²) in [5, 5.41) is 4.19. The molecule has 168 valence electrons. The van der Waals surface area contributed by atoms with Gasteiger partial charge in [-0.25, -0.2) is 4.98 Å². The fourth-order valence-electron chi connectivity index (χ4n) is 3.88. The second-order valence-corrected chi connectivity index (χ2v) is 7.86. The molecule has 8 nitrogen and oxygen atoms in total. The molecular weight excluding hydrogens is 418 g/mol. The molecule has 1 aliphatic heterocycles. The number of ether oxygens (including phenoxy) is 2. The van der Waals surface area contributed by atoms with E-state index in [4.69, 9.17) is 14.5 Å². The molecule has 2 aromatic carbocycles. The quantitative estimate of drug-likeness (QED) is 0.488. The molecule has 1 amide bonds. The van der Waals surface area contributed by atoms with Crippen molar-refractivity contribution >= 4 is 28.6 Å². The summed E-state index contributed by atoms with van der Waals surface area (Å²) in [6, 6.07) is 17.6. The average Bonchev–Trinajstić information content (AvgIpc) is 3.29. The number of methoxy groups -OCH3 is 1. The van der Waals surface area contributed by atoms with Crippen LogP contribution in [0.3, 0.4) is 0 Å². The van der Waals surface area contributed by atoms with Crippen LogP contribution in [0, 0.1) is 0 Å². The van der Waals surface area contributed by atoms with Crippen molar-refractivity contribution in [3.8, 4) is 5.69 Å². The number of aromatic nitrogens is 3. The Morgan fingerprint density at radius 2 is 1.82 bits per heavy atom. The number of rotatable bonds is 6. The molecule has 1 N–H and O–H groups in total. The van der Waals surface area contributed by atoms with Gasteiger partial charge in [0.05, 0.1) is 19.8 Å². The van der Waals surface area contributed by atoms with Gasteiger partial charge in [-0.05, 0) is 48.0 Å². The zero-order valence-corrected chi connectivity index (χ0v) is 18.4. The molecule has 1 fully saturated rings. The number of benzene rings is 2. The molecule has 0 spiro atoms. The van der Waals surface area contributed by atoms with E-state index in [1.165, 1.54) is 0 Å². The van der Waals surface area contributed by atoms with E-state index in [0.29, 0.717) is 44.4 Å². The fourth-order valence-corrected chi connectivity index (χ4v) is 3.88. The van der Waals surface area contributed by atoms with Crippen LogP contribution >= 0.6 is 0 Å². The van der Waals surface area contributed by atoms with Crippen LogP contribution in [0.4, 0.5) is 11.6 Å². The Labute approximate surface area is 191 Å². The smallest absolute Gasteiger partial charge is 0.254 e. The summed E-state index contributed by atoms with van der Waals surface area (Å²) in [6.07, 6.45) is 3.76. The van der Waals surface area contributed by atoms with Crippen LogP contribution in [-0.4, -0.2) is 58.8 Å². The number of fused-ring (bicyclic) bond motifs is 1. The first-order valence-electron chi connectivity index (χ1n) is 10.9. The molecule has 1 aliphatic rings. The Kier molecular flexibility index (Phi) is 6.01. The molecule has 0 unspecified atom stereocenters. The van der Waals surface area contributed by atoms with Gasteiger partial charge in [0.15, 0.2) is 0 Å². The maximum atomic E-state index is 12.7. The molecule has 0 bridgehead atoms. The van der Waals surface area contributed by atoms with E-state index >= 15 is 0 Å². The number of carbonyl (C=O) groups is 1. The number of hydrogen-bond donors (Lipinski definition) is 1. The maximum Gasteiger partial charge on any atom is 0.254 e. The molecule has 0 atom stereocenters. The van der Waals surface area contributed by atoms with E-state index in [2.05, 4.69) is 10.3 Å². The normalized spacial score (nSPS) is 13.9. The molecule has 0 aliphatic carbocycles. The number of morpholine rings is 1. The van der Waals surface area contributed by atoms with Gasteiger partial charge >= 0.3 is 0 Å². The number of nitrogens with one attached hydrogen (secondary N) is 1. The largest absolute Gasteiger partial charge is 0.380 e. The van der Waals surface area contributed by atoms with Crippen LogP contribution in [0.5, 0.6) is 0 Å². The van der Waals surface area contributed by atoms with Gasteiger partial charge in [0.1, 0.15) is 5.65 Å². The van der Waals surface area contributed by atoms with E-state index in [9.17, 15) is 4.79 Å². The summed E-state index contributed by atoms with van der Waals surface area (Å²) in [6.45, 7) is 3.02. The predicted molar refractivity (Wildman–Crippen MR) is 126 cm³/mol. The average molecular weight is 444 g/mol. The maximum absolute atomic E-state index is 12.7. The Morgan fingerprint density at radius 1 is 1.06 bits per heavy atom. The Bertz CT molecular complexity index is 1250. The van der Waals surface area contributed by atoms with Crippen LogP contribution in [0.2, 0.25) is 0 Å². The summed E-state index contributed by atoms with van der Waals surface area (Å²) >= 11 is 0. The molecule has 3 heterocycles. The van der Waals surface area contributed by atoms with Gasteiger partial charge < -0.3 is 24.3 Å². The highest BCUT2D eigenvalue weighted by Crippen LogP contribution is 2.22. The minimum Gasteiger partial charge on any atom is -0.380 e. The Morgan fingerprint density at radius 3 is 2.55 bits per heavy atom. The van der Waals surface area contributed by atoms with Gasteiger partial charge in [-0.3, -0.25) is 4.79 Å². The SMILES string of the molecule is COCc1ccc(Nc2ncc3ccn(-c4ccc(C(=O)N5CCOCC5)cc4)c3n2)cc1. The highest BCUT2D eigenvalue weighted by Gasteiger charge is 2.18. The third-order valence-corrected chi connectivity index (χ3v) is 5.64. The summed E-state index contributed by atoms with van der Waals surface area (Å²) in [4.78, 5) is 23.7.